The van der Waals surface area contributed by atoms with Crippen LogP contribution in [0, 0.1) is 0 Å². The van der Waals surface area contributed by atoms with Crippen LogP contribution in [0.1, 0.15) is 25.8 Å². The van der Waals surface area contributed by atoms with E-state index >= 15 is 0 Å². The van der Waals surface area contributed by atoms with Gasteiger partial charge in [0.05, 0.1) is 18.1 Å². The van der Waals surface area contributed by atoms with Crippen LogP contribution in [0.4, 0.5) is 5.69 Å². The number of carbonyl (C=O) groups is 1. The van der Waals surface area contributed by atoms with Crippen molar-refractivity contribution >= 4 is 11.6 Å². The Balaban J connectivity index is 2.18. The zero-order valence-corrected chi connectivity index (χ0v) is 11.8. The number of nitrogen functional groups attached to an aromatic ring is 1. The molecule has 104 valence electrons. The van der Waals surface area contributed by atoms with E-state index in [1.165, 1.54) is 0 Å². The fourth-order valence-corrected chi connectivity index (χ4v) is 2.46. The van der Waals surface area contributed by atoms with Gasteiger partial charge in [0.2, 0.25) is 5.91 Å². The van der Waals surface area contributed by atoms with Gasteiger partial charge in [0, 0.05) is 19.3 Å². The molecule has 0 spiro atoms. The fraction of sp³-hybridized carbons (Fsp3) is 0.533. The van der Waals surface area contributed by atoms with Crippen molar-refractivity contribution in [1.29, 1.82) is 0 Å². The second-order valence-corrected chi connectivity index (χ2v) is 5.68. The van der Waals surface area contributed by atoms with Gasteiger partial charge in [-0.1, -0.05) is 12.1 Å². The summed E-state index contributed by atoms with van der Waals surface area (Å²) in [5, 5.41) is 0. The number of hydrogen-bond acceptors (Lipinski definition) is 3. The molecule has 4 nitrogen and oxygen atoms in total. The lowest BCUT2D eigenvalue weighted by Gasteiger charge is -2.33. The minimum Gasteiger partial charge on any atom is -0.399 e. The molecule has 0 aromatic heterocycles. The first kappa shape index (κ1) is 13.9. The van der Waals surface area contributed by atoms with Gasteiger partial charge >= 0.3 is 0 Å². The van der Waals surface area contributed by atoms with E-state index in [1.54, 1.807) is 0 Å². The van der Waals surface area contributed by atoms with Gasteiger partial charge in [0.15, 0.2) is 0 Å². The first-order valence-electron chi connectivity index (χ1n) is 6.64. The Bertz CT molecular complexity index is 448. The molecule has 1 atom stereocenters. The van der Waals surface area contributed by atoms with Crippen LogP contribution in [0.5, 0.6) is 0 Å². The summed E-state index contributed by atoms with van der Waals surface area (Å²) in [4.78, 5) is 14.5. The summed E-state index contributed by atoms with van der Waals surface area (Å²) in [5.74, 6) is 0.118. The Morgan fingerprint density at radius 1 is 1.37 bits per heavy atom. The highest BCUT2D eigenvalue weighted by Crippen LogP contribution is 2.27. The maximum absolute atomic E-state index is 12.7. The molecule has 4 heteroatoms. The average Bonchev–Trinajstić information content (AvgIpc) is 2.91. The Kier molecular flexibility index (Phi) is 3.80. The summed E-state index contributed by atoms with van der Waals surface area (Å²) in [7, 11) is 1.86. The number of benzene rings is 1. The van der Waals surface area contributed by atoms with Crippen molar-refractivity contribution < 1.29 is 9.53 Å². The zero-order chi connectivity index (χ0) is 14.0. The highest BCUT2D eigenvalue weighted by atomic mass is 16.5. The van der Waals surface area contributed by atoms with Crippen LogP contribution in [0.15, 0.2) is 24.3 Å². The molecule has 2 rings (SSSR count). The van der Waals surface area contributed by atoms with Crippen LogP contribution >= 0.6 is 0 Å². The zero-order valence-electron chi connectivity index (χ0n) is 11.8. The molecular weight excluding hydrogens is 240 g/mol. The molecule has 1 aromatic carbocycles. The van der Waals surface area contributed by atoms with E-state index in [0.29, 0.717) is 12.3 Å². The molecule has 1 aliphatic heterocycles. The van der Waals surface area contributed by atoms with Crippen molar-refractivity contribution in [3.8, 4) is 0 Å². The Morgan fingerprint density at radius 3 is 2.53 bits per heavy atom. The number of hydrogen-bond donors (Lipinski definition) is 1. The van der Waals surface area contributed by atoms with Crippen LogP contribution < -0.4 is 5.73 Å². The highest BCUT2D eigenvalue weighted by molar-refractivity contribution is 5.87. The summed E-state index contributed by atoms with van der Waals surface area (Å²) in [6, 6.07) is 7.71. The second-order valence-electron chi connectivity index (χ2n) is 5.68. The van der Waals surface area contributed by atoms with Crippen molar-refractivity contribution in [2.24, 2.45) is 0 Å². The molecule has 1 heterocycles. The molecule has 2 N–H and O–H groups in total. The molecule has 19 heavy (non-hydrogen) atoms. The van der Waals surface area contributed by atoms with Crippen molar-refractivity contribution in [1.82, 2.24) is 4.90 Å². The van der Waals surface area contributed by atoms with Crippen LogP contribution in [0.25, 0.3) is 0 Å². The third-order valence-electron chi connectivity index (χ3n) is 3.94. The van der Waals surface area contributed by atoms with Gasteiger partial charge in [-0.25, -0.2) is 0 Å². The third kappa shape index (κ3) is 2.73. The summed E-state index contributed by atoms with van der Waals surface area (Å²) < 4.78 is 5.35. The summed E-state index contributed by atoms with van der Waals surface area (Å²) in [6.07, 6.45) is 0.917. The quantitative estimate of drug-likeness (QED) is 0.845. The third-order valence-corrected chi connectivity index (χ3v) is 3.94. The van der Waals surface area contributed by atoms with E-state index in [9.17, 15) is 4.79 Å². The van der Waals surface area contributed by atoms with E-state index in [-0.39, 0.29) is 11.9 Å². The van der Waals surface area contributed by atoms with E-state index in [2.05, 4.69) is 0 Å². The van der Waals surface area contributed by atoms with Crippen LogP contribution in [-0.2, 0) is 14.9 Å². The van der Waals surface area contributed by atoms with E-state index in [4.69, 9.17) is 10.5 Å². The molecule has 1 fully saturated rings. The lowest BCUT2D eigenvalue weighted by Crippen LogP contribution is -2.46. The minimum atomic E-state index is -0.551. The van der Waals surface area contributed by atoms with Gasteiger partial charge in [-0.05, 0) is 38.0 Å². The lowest BCUT2D eigenvalue weighted by atomic mass is 9.83. The number of nitrogens with two attached hydrogens (primary N) is 1. The number of amides is 1. The van der Waals surface area contributed by atoms with Gasteiger partial charge < -0.3 is 15.4 Å². The smallest absolute Gasteiger partial charge is 0.232 e. The largest absolute Gasteiger partial charge is 0.399 e. The molecule has 0 aliphatic carbocycles. The summed E-state index contributed by atoms with van der Waals surface area (Å²) in [5.41, 5.74) is 6.84. The van der Waals surface area contributed by atoms with Crippen molar-refractivity contribution in [3.63, 3.8) is 0 Å². The highest BCUT2D eigenvalue weighted by Gasteiger charge is 2.35. The molecule has 1 unspecified atom stereocenters. The van der Waals surface area contributed by atoms with Crippen LogP contribution in [0.2, 0.25) is 0 Å². The van der Waals surface area contributed by atoms with E-state index in [1.807, 2.05) is 50.1 Å². The monoisotopic (exact) mass is 262 g/mol. The van der Waals surface area contributed by atoms with Gasteiger partial charge in [-0.2, -0.15) is 0 Å². The lowest BCUT2D eigenvalue weighted by molar-refractivity contribution is -0.137. The number of anilines is 1. The predicted molar refractivity (Wildman–Crippen MR) is 75.9 cm³/mol. The number of carbonyl (C=O) groups excluding carboxylic acids is 1. The molecule has 1 saturated heterocycles. The Morgan fingerprint density at radius 2 is 2.00 bits per heavy atom. The minimum absolute atomic E-state index is 0.118. The maximum atomic E-state index is 12.7. The van der Waals surface area contributed by atoms with Crippen LogP contribution in [0.3, 0.4) is 0 Å². The molecule has 1 aromatic rings. The number of rotatable bonds is 3. The van der Waals surface area contributed by atoms with Gasteiger partial charge in [0.1, 0.15) is 0 Å². The summed E-state index contributed by atoms with van der Waals surface area (Å²) >= 11 is 0. The fourth-order valence-electron chi connectivity index (χ4n) is 2.46. The molecular formula is C15H22N2O2. The predicted octanol–water partition coefficient (Wildman–Crippen LogP) is 1.79. The van der Waals surface area contributed by atoms with Gasteiger partial charge in [-0.15, -0.1) is 0 Å². The molecule has 0 bridgehead atoms. The number of likely N-dealkylation sites (N-methyl/N-ethyl adjacent to an activating group) is 1. The standard InChI is InChI=1S/C15H22N2O2/c1-15(2,11-4-6-12(16)7-5-11)14(18)17(3)13-8-9-19-10-13/h4-7,13H,8-10,16H2,1-3H3. The molecule has 0 saturated carbocycles. The van der Waals surface area contributed by atoms with E-state index in [0.717, 1.165) is 18.6 Å². The number of ether oxygens (including phenoxy) is 1. The molecule has 0 radical (unpaired) electrons. The topological polar surface area (TPSA) is 55.6 Å². The second kappa shape index (κ2) is 5.21. The maximum Gasteiger partial charge on any atom is 0.232 e. The number of nitrogens with zero attached hydrogens (tertiary/aromatic N) is 1. The average molecular weight is 262 g/mol. The first-order chi connectivity index (χ1) is 8.93. The van der Waals surface area contributed by atoms with Gasteiger partial charge in [-0.3, -0.25) is 4.79 Å². The van der Waals surface area contributed by atoms with Crippen LogP contribution in [-0.4, -0.2) is 37.1 Å². The van der Waals surface area contributed by atoms with Crippen molar-refractivity contribution in [3.05, 3.63) is 29.8 Å². The normalized spacial score (nSPS) is 19.4. The Hall–Kier alpha value is -1.55. The van der Waals surface area contributed by atoms with Crippen molar-refractivity contribution in [2.75, 3.05) is 26.0 Å². The first-order valence-corrected chi connectivity index (χ1v) is 6.64. The molecule has 1 aliphatic rings. The Labute approximate surface area is 114 Å². The van der Waals surface area contributed by atoms with Gasteiger partial charge in [0.25, 0.3) is 0 Å². The van der Waals surface area contributed by atoms with E-state index < -0.39 is 5.41 Å². The summed E-state index contributed by atoms with van der Waals surface area (Å²) in [6.45, 7) is 5.28. The van der Waals surface area contributed by atoms with Crippen molar-refractivity contribution in [2.45, 2.75) is 31.7 Å². The molecule has 1 amide bonds. The SMILES string of the molecule is CN(C(=O)C(C)(C)c1ccc(N)cc1)C1CCOC1.